The zero-order valence-electron chi connectivity index (χ0n) is 11.3. The van der Waals surface area contributed by atoms with E-state index in [1.54, 1.807) is 4.90 Å². The van der Waals surface area contributed by atoms with E-state index in [2.05, 4.69) is 4.99 Å². The van der Waals surface area contributed by atoms with Gasteiger partial charge in [0.1, 0.15) is 0 Å². The molecule has 0 bridgehead atoms. The lowest BCUT2D eigenvalue weighted by atomic mass is 10.1. The molecule has 1 saturated heterocycles. The lowest BCUT2D eigenvalue weighted by molar-refractivity contribution is -0.497. The number of likely N-dealkylation sites (N-methyl/N-ethyl adjacent to an activating group) is 1. The molecule has 1 aliphatic heterocycles. The quantitative estimate of drug-likeness (QED) is 0.195. The Bertz CT molecular complexity index is 363. The van der Waals surface area contributed by atoms with E-state index in [1.165, 1.54) is 7.05 Å². The largest absolute Gasteiger partial charge is 0.428 e. The maximum Gasteiger partial charge on any atom is 0.428 e. The molecule has 1 fully saturated rings. The van der Waals surface area contributed by atoms with Gasteiger partial charge in [-0.25, -0.2) is 0 Å². The van der Waals surface area contributed by atoms with Crippen LogP contribution in [0.3, 0.4) is 0 Å². The second kappa shape index (κ2) is 6.72. The van der Waals surface area contributed by atoms with Gasteiger partial charge in [-0.2, -0.15) is 0 Å². The van der Waals surface area contributed by atoms with Crippen LogP contribution in [0.25, 0.3) is 0 Å². The van der Waals surface area contributed by atoms with Crippen LogP contribution in [-0.4, -0.2) is 53.0 Å². The summed E-state index contributed by atoms with van der Waals surface area (Å²) in [7, 11) is 1.45. The average molecular weight is 312 g/mol. The van der Waals surface area contributed by atoms with Crippen LogP contribution in [0.1, 0.15) is 20.3 Å². The summed E-state index contributed by atoms with van der Waals surface area (Å²) in [6.45, 7) is 5.68. The molecule has 19 heavy (non-hydrogen) atoms. The number of aliphatic imine (C=N–C) groups is 1. The smallest absolute Gasteiger partial charge is 0.378 e. The van der Waals surface area contributed by atoms with Gasteiger partial charge in [-0.3, -0.25) is 15.1 Å². The number of hydrogen-bond donors (Lipinski definition) is 0. The summed E-state index contributed by atoms with van der Waals surface area (Å²) in [4.78, 5) is 15.9. The van der Waals surface area contributed by atoms with Crippen molar-refractivity contribution in [2.75, 3.05) is 26.7 Å². The highest BCUT2D eigenvalue weighted by atomic mass is 35.5. The summed E-state index contributed by atoms with van der Waals surface area (Å²) in [6, 6.07) is 0. The van der Waals surface area contributed by atoms with Crippen molar-refractivity contribution < 1.29 is 9.66 Å². The first-order valence-corrected chi connectivity index (χ1v) is 6.94. The SMILES string of the molecule is CCN(CC1COC(C)C1)C(=NC)C(Cl)(Cl)[N+](=O)[O-]. The van der Waals surface area contributed by atoms with Crippen molar-refractivity contribution in [3.05, 3.63) is 10.1 Å². The molecule has 0 radical (unpaired) electrons. The van der Waals surface area contributed by atoms with Crippen LogP contribution in [0, 0.1) is 16.0 Å². The van der Waals surface area contributed by atoms with Gasteiger partial charge in [0.15, 0.2) is 0 Å². The van der Waals surface area contributed by atoms with Crippen molar-refractivity contribution in [3.8, 4) is 0 Å². The molecular weight excluding hydrogens is 293 g/mol. The van der Waals surface area contributed by atoms with Gasteiger partial charge < -0.3 is 9.64 Å². The molecule has 2 unspecified atom stereocenters. The fraction of sp³-hybridized carbons (Fsp3) is 0.909. The van der Waals surface area contributed by atoms with Crippen LogP contribution >= 0.6 is 23.2 Å². The second-order valence-corrected chi connectivity index (χ2v) is 5.92. The van der Waals surface area contributed by atoms with Gasteiger partial charge in [0.2, 0.25) is 5.84 Å². The fourth-order valence-corrected chi connectivity index (χ4v) is 2.67. The van der Waals surface area contributed by atoms with Gasteiger partial charge in [0, 0.05) is 26.1 Å². The second-order valence-electron chi connectivity index (χ2n) is 4.63. The lowest BCUT2D eigenvalue weighted by Crippen LogP contribution is -2.48. The third kappa shape index (κ3) is 3.94. The highest BCUT2D eigenvalue weighted by molar-refractivity contribution is 6.57. The van der Waals surface area contributed by atoms with Gasteiger partial charge in [0.25, 0.3) is 0 Å². The third-order valence-electron chi connectivity index (χ3n) is 3.15. The van der Waals surface area contributed by atoms with Gasteiger partial charge in [-0.05, 0) is 43.5 Å². The van der Waals surface area contributed by atoms with E-state index in [0.29, 0.717) is 25.6 Å². The summed E-state index contributed by atoms with van der Waals surface area (Å²) in [5.41, 5.74) is 0. The molecule has 0 aromatic rings. The number of amidine groups is 1. The highest BCUT2D eigenvalue weighted by Gasteiger charge is 2.47. The van der Waals surface area contributed by atoms with E-state index in [0.717, 1.165) is 6.42 Å². The van der Waals surface area contributed by atoms with Crippen LogP contribution < -0.4 is 0 Å². The van der Waals surface area contributed by atoms with E-state index < -0.39 is 9.38 Å². The van der Waals surface area contributed by atoms with Crippen LogP contribution in [0.4, 0.5) is 0 Å². The van der Waals surface area contributed by atoms with Crippen molar-refractivity contribution >= 4 is 29.0 Å². The van der Waals surface area contributed by atoms with Gasteiger partial charge in [-0.1, -0.05) is 0 Å². The molecule has 0 aromatic heterocycles. The van der Waals surface area contributed by atoms with E-state index >= 15 is 0 Å². The molecular formula is C11H19Cl2N3O3. The Kier molecular flexibility index (Phi) is 5.82. The number of ether oxygens (including phenoxy) is 1. The fourth-order valence-electron chi connectivity index (χ4n) is 2.26. The normalized spacial score (nSPS) is 24.6. The minimum Gasteiger partial charge on any atom is -0.378 e. The van der Waals surface area contributed by atoms with Crippen LogP contribution in [-0.2, 0) is 4.74 Å². The maximum atomic E-state index is 10.9. The van der Waals surface area contributed by atoms with Crippen molar-refractivity contribution in [3.63, 3.8) is 0 Å². The van der Waals surface area contributed by atoms with Crippen molar-refractivity contribution in [1.29, 1.82) is 0 Å². The van der Waals surface area contributed by atoms with Gasteiger partial charge >= 0.3 is 4.46 Å². The van der Waals surface area contributed by atoms with Crippen LogP contribution in [0.2, 0.25) is 0 Å². The van der Waals surface area contributed by atoms with E-state index in [9.17, 15) is 10.1 Å². The van der Waals surface area contributed by atoms with E-state index in [-0.39, 0.29) is 11.9 Å². The standard InChI is InChI=1S/C11H19Cl2N3O3/c1-4-15(6-9-5-8(2)19-7-9)10(14-3)11(12,13)16(17)18/h8-9H,4-7H2,1-3H3. The summed E-state index contributed by atoms with van der Waals surface area (Å²) in [5.74, 6) is 0.380. The number of hydrogen-bond acceptors (Lipinski definition) is 4. The summed E-state index contributed by atoms with van der Waals surface area (Å²) in [6.07, 6.45) is 1.14. The van der Waals surface area contributed by atoms with E-state index in [4.69, 9.17) is 27.9 Å². The van der Waals surface area contributed by atoms with E-state index in [1.807, 2.05) is 13.8 Å². The predicted octanol–water partition coefficient (Wildman–Crippen LogP) is 2.17. The first-order chi connectivity index (χ1) is 8.82. The predicted molar refractivity (Wildman–Crippen MR) is 75.6 cm³/mol. The molecule has 0 spiro atoms. The Hall–Kier alpha value is -0.590. The number of halogens is 2. The van der Waals surface area contributed by atoms with Crippen molar-refractivity contribution in [2.24, 2.45) is 10.9 Å². The van der Waals surface area contributed by atoms with Gasteiger partial charge in [-0.15, -0.1) is 0 Å². The summed E-state index contributed by atoms with van der Waals surface area (Å²) < 4.78 is 3.28. The zero-order chi connectivity index (χ0) is 14.6. The topological polar surface area (TPSA) is 68.0 Å². The molecule has 0 amide bonds. The van der Waals surface area contributed by atoms with Crippen molar-refractivity contribution in [2.45, 2.75) is 30.8 Å². The monoisotopic (exact) mass is 311 g/mol. The molecule has 0 saturated carbocycles. The Balaban J connectivity index is 2.80. The Morgan fingerprint density at radius 2 is 2.26 bits per heavy atom. The highest BCUT2D eigenvalue weighted by Crippen LogP contribution is 2.27. The number of nitrogens with zero attached hydrogens (tertiary/aromatic N) is 3. The Morgan fingerprint density at radius 3 is 2.63 bits per heavy atom. The van der Waals surface area contributed by atoms with Gasteiger partial charge in [0.05, 0.1) is 17.6 Å². The molecule has 0 aromatic carbocycles. The Morgan fingerprint density at radius 1 is 1.63 bits per heavy atom. The molecule has 1 heterocycles. The molecule has 0 aliphatic carbocycles. The number of nitro groups is 1. The molecule has 0 N–H and O–H groups in total. The Labute approximate surface area is 122 Å². The minimum absolute atomic E-state index is 0.0721. The molecule has 8 heteroatoms. The van der Waals surface area contributed by atoms with Crippen LogP contribution in [0.15, 0.2) is 4.99 Å². The number of alkyl halides is 2. The zero-order valence-corrected chi connectivity index (χ0v) is 12.8. The van der Waals surface area contributed by atoms with Crippen molar-refractivity contribution in [1.82, 2.24) is 4.90 Å². The molecule has 110 valence electrons. The minimum atomic E-state index is -2.21. The summed E-state index contributed by atoms with van der Waals surface area (Å²) in [5, 5.41) is 10.9. The first kappa shape index (κ1) is 16.5. The lowest BCUT2D eigenvalue weighted by Gasteiger charge is -2.28. The third-order valence-corrected chi connectivity index (χ3v) is 3.77. The number of rotatable bonds is 5. The first-order valence-electron chi connectivity index (χ1n) is 6.19. The molecule has 6 nitrogen and oxygen atoms in total. The molecule has 1 rings (SSSR count). The average Bonchev–Trinajstić information content (AvgIpc) is 2.73. The molecule has 2 atom stereocenters. The van der Waals surface area contributed by atoms with Crippen LogP contribution in [0.5, 0.6) is 0 Å². The maximum absolute atomic E-state index is 10.9. The summed E-state index contributed by atoms with van der Waals surface area (Å²) >= 11 is 11.6. The molecule has 1 aliphatic rings.